The normalized spacial score (nSPS) is 14.9. The first kappa shape index (κ1) is 10.3. The maximum Gasteiger partial charge on any atom is 0.180 e. The summed E-state index contributed by atoms with van der Waals surface area (Å²) in [4.78, 5) is 19.4. The molecule has 1 N–H and O–H groups in total. The molecule has 3 heteroatoms. The van der Waals surface area contributed by atoms with Crippen LogP contribution in [-0.2, 0) is 0 Å². The Bertz CT molecular complexity index is 553. The summed E-state index contributed by atoms with van der Waals surface area (Å²) in [6.45, 7) is 1.57. The maximum absolute atomic E-state index is 11.6. The summed E-state index contributed by atoms with van der Waals surface area (Å²) < 4.78 is 0. The minimum Gasteiger partial charge on any atom is -0.341 e. The predicted octanol–water partition coefficient (Wildman–Crippen LogP) is 3.16. The molecule has 0 amide bonds. The number of aromatic amines is 1. The lowest BCUT2D eigenvalue weighted by Crippen LogP contribution is -1.95. The van der Waals surface area contributed by atoms with Crippen molar-refractivity contribution in [3.05, 3.63) is 41.9 Å². The SMILES string of the molecule is CC(=O)c1nc(C2CC2)[nH]c1-c1ccccc1. The number of aromatic nitrogens is 2. The van der Waals surface area contributed by atoms with Gasteiger partial charge < -0.3 is 4.98 Å². The van der Waals surface area contributed by atoms with Gasteiger partial charge in [0.1, 0.15) is 11.5 Å². The number of H-pyrrole nitrogens is 1. The van der Waals surface area contributed by atoms with Gasteiger partial charge in [-0.3, -0.25) is 4.79 Å². The highest BCUT2D eigenvalue weighted by molar-refractivity contribution is 5.98. The molecule has 17 heavy (non-hydrogen) atoms. The zero-order valence-electron chi connectivity index (χ0n) is 9.73. The molecule has 2 aromatic rings. The Kier molecular flexibility index (Phi) is 2.32. The first-order valence-electron chi connectivity index (χ1n) is 5.92. The number of nitrogens with one attached hydrogen (secondary N) is 1. The Labute approximate surface area is 99.9 Å². The fraction of sp³-hybridized carbons (Fsp3) is 0.286. The quantitative estimate of drug-likeness (QED) is 0.817. The van der Waals surface area contributed by atoms with E-state index in [1.165, 1.54) is 12.8 Å². The number of benzene rings is 1. The highest BCUT2D eigenvalue weighted by Gasteiger charge is 2.28. The molecular formula is C14H14N2O. The first-order valence-corrected chi connectivity index (χ1v) is 5.92. The summed E-state index contributed by atoms with van der Waals surface area (Å²) in [7, 11) is 0. The number of ketones is 1. The van der Waals surface area contributed by atoms with Crippen molar-refractivity contribution in [2.45, 2.75) is 25.7 Å². The zero-order chi connectivity index (χ0) is 11.8. The minimum atomic E-state index is 0.0204. The number of carbonyl (C=O) groups is 1. The number of carbonyl (C=O) groups excluding carboxylic acids is 1. The lowest BCUT2D eigenvalue weighted by Gasteiger charge is -1.98. The van der Waals surface area contributed by atoms with Crippen LogP contribution in [-0.4, -0.2) is 15.8 Å². The molecular weight excluding hydrogens is 212 g/mol. The van der Waals surface area contributed by atoms with Gasteiger partial charge in [0.05, 0.1) is 5.69 Å². The summed E-state index contributed by atoms with van der Waals surface area (Å²) in [5.41, 5.74) is 2.45. The van der Waals surface area contributed by atoms with E-state index in [2.05, 4.69) is 9.97 Å². The van der Waals surface area contributed by atoms with Crippen LogP contribution >= 0.6 is 0 Å². The van der Waals surface area contributed by atoms with E-state index in [-0.39, 0.29) is 5.78 Å². The third kappa shape index (κ3) is 1.88. The maximum atomic E-state index is 11.6. The lowest BCUT2D eigenvalue weighted by atomic mass is 10.1. The van der Waals surface area contributed by atoms with E-state index >= 15 is 0 Å². The van der Waals surface area contributed by atoms with Gasteiger partial charge in [0, 0.05) is 18.4 Å². The van der Waals surface area contributed by atoms with Gasteiger partial charge in [-0.25, -0.2) is 4.98 Å². The number of rotatable bonds is 3. The molecule has 3 nitrogen and oxygen atoms in total. The molecule has 1 aromatic carbocycles. The second-order valence-electron chi connectivity index (χ2n) is 4.54. The van der Waals surface area contributed by atoms with Crippen molar-refractivity contribution >= 4 is 5.78 Å². The van der Waals surface area contributed by atoms with Crippen LogP contribution in [0.25, 0.3) is 11.3 Å². The average Bonchev–Trinajstić information content (AvgIpc) is 3.09. The molecule has 1 aliphatic rings. The molecule has 0 aliphatic heterocycles. The minimum absolute atomic E-state index is 0.0204. The van der Waals surface area contributed by atoms with Crippen molar-refractivity contribution in [2.24, 2.45) is 0 Å². The molecule has 0 saturated heterocycles. The van der Waals surface area contributed by atoms with Crippen molar-refractivity contribution < 1.29 is 4.79 Å². The van der Waals surface area contributed by atoms with Gasteiger partial charge in [0.15, 0.2) is 5.78 Å². The van der Waals surface area contributed by atoms with Crippen LogP contribution < -0.4 is 0 Å². The van der Waals surface area contributed by atoms with Gasteiger partial charge in [0.25, 0.3) is 0 Å². The molecule has 0 atom stereocenters. The van der Waals surface area contributed by atoms with Crippen LogP contribution in [0.1, 0.15) is 42.0 Å². The van der Waals surface area contributed by atoms with Gasteiger partial charge in [-0.1, -0.05) is 30.3 Å². The molecule has 0 unspecified atom stereocenters. The van der Waals surface area contributed by atoms with Crippen LogP contribution in [0, 0.1) is 0 Å². The van der Waals surface area contributed by atoms with Crippen molar-refractivity contribution in [1.29, 1.82) is 0 Å². The number of nitrogens with zero attached hydrogens (tertiary/aromatic N) is 1. The van der Waals surface area contributed by atoms with Gasteiger partial charge in [0.2, 0.25) is 0 Å². The number of hydrogen-bond acceptors (Lipinski definition) is 2. The Morgan fingerprint density at radius 2 is 2.00 bits per heavy atom. The van der Waals surface area contributed by atoms with Gasteiger partial charge in [-0.2, -0.15) is 0 Å². The second-order valence-corrected chi connectivity index (χ2v) is 4.54. The first-order chi connectivity index (χ1) is 8.25. The lowest BCUT2D eigenvalue weighted by molar-refractivity contribution is 0.101. The summed E-state index contributed by atoms with van der Waals surface area (Å²) in [5, 5.41) is 0. The van der Waals surface area contributed by atoms with E-state index in [1.54, 1.807) is 6.92 Å². The van der Waals surface area contributed by atoms with Crippen LogP contribution in [0.15, 0.2) is 30.3 Å². The molecule has 1 heterocycles. The highest BCUT2D eigenvalue weighted by atomic mass is 16.1. The third-order valence-electron chi connectivity index (χ3n) is 3.08. The fourth-order valence-electron chi connectivity index (χ4n) is 2.01. The van der Waals surface area contributed by atoms with E-state index in [4.69, 9.17) is 0 Å². The summed E-state index contributed by atoms with van der Waals surface area (Å²) in [6.07, 6.45) is 2.36. The number of Topliss-reactive ketones (excluding diaryl/α,β-unsaturated/α-hetero) is 1. The van der Waals surface area contributed by atoms with Gasteiger partial charge in [-0.15, -0.1) is 0 Å². The van der Waals surface area contributed by atoms with Crippen LogP contribution in [0.5, 0.6) is 0 Å². The van der Waals surface area contributed by atoms with Crippen molar-refractivity contribution in [3.63, 3.8) is 0 Å². The zero-order valence-corrected chi connectivity index (χ0v) is 9.73. The van der Waals surface area contributed by atoms with E-state index in [0.29, 0.717) is 11.6 Å². The molecule has 0 bridgehead atoms. The van der Waals surface area contributed by atoms with E-state index in [9.17, 15) is 4.79 Å². The molecule has 1 aromatic heterocycles. The van der Waals surface area contributed by atoms with Crippen LogP contribution in [0.2, 0.25) is 0 Å². The Morgan fingerprint density at radius 3 is 2.59 bits per heavy atom. The van der Waals surface area contributed by atoms with E-state index in [0.717, 1.165) is 17.1 Å². The van der Waals surface area contributed by atoms with Crippen LogP contribution in [0.4, 0.5) is 0 Å². The monoisotopic (exact) mass is 226 g/mol. The van der Waals surface area contributed by atoms with E-state index in [1.807, 2.05) is 30.3 Å². The molecule has 1 aliphatic carbocycles. The Hall–Kier alpha value is -1.90. The molecule has 0 spiro atoms. The number of hydrogen-bond donors (Lipinski definition) is 1. The largest absolute Gasteiger partial charge is 0.341 e. The van der Waals surface area contributed by atoms with Gasteiger partial charge >= 0.3 is 0 Å². The average molecular weight is 226 g/mol. The fourth-order valence-corrected chi connectivity index (χ4v) is 2.01. The van der Waals surface area contributed by atoms with Gasteiger partial charge in [-0.05, 0) is 12.8 Å². The van der Waals surface area contributed by atoms with Crippen molar-refractivity contribution in [3.8, 4) is 11.3 Å². The molecule has 0 radical (unpaired) electrons. The summed E-state index contributed by atoms with van der Waals surface area (Å²) in [5.74, 6) is 1.52. The van der Waals surface area contributed by atoms with Crippen LogP contribution in [0.3, 0.4) is 0 Å². The molecule has 1 fully saturated rings. The van der Waals surface area contributed by atoms with Crippen molar-refractivity contribution in [2.75, 3.05) is 0 Å². The van der Waals surface area contributed by atoms with Crippen molar-refractivity contribution in [1.82, 2.24) is 9.97 Å². The Balaban J connectivity index is 2.10. The highest BCUT2D eigenvalue weighted by Crippen LogP contribution is 2.39. The smallest absolute Gasteiger partial charge is 0.180 e. The topological polar surface area (TPSA) is 45.8 Å². The Morgan fingerprint density at radius 1 is 1.29 bits per heavy atom. The third-order valence-corrected chi connectivity index (χ3v) is 3.08. The standard InChI is InChI=1S/C14H14N2O/c1-9(17)12-13(10-5-3-2-4-6-10)16-14(15-12)11-7-8-11/h2-6,11H,7-8H2,1H3,(H,15,16). The predicted molar refractivity (Wildman–Crippen MR) is 66.0 cm³/mol. The number of imidazole rings is 1. The molecule has 86 valence electrons. The summed E-state index contributed by atoms with van der Waals surface area (Å²) in [6, 6.07) is 9.90. The second kappa shape index (κ2) is 3.84. The molecule has 3 rings (SSSR count). The molecule has 1 saturated carbocycles. The summed E-state index contributed by atoms with van der Waals surface area (Å²) >= 11 is 0. The van der Waals surface area contributed by atoms with E-state index < -0.39 is 0 Å².